The molecule has 0 radical (unpaired) electrons. The number of carbonyl (C=O) groups excluding carboxylic acids is 2. The molecule has 1 saturated heterocycles. The van der Waals surface area contributed by atoms with Gasteiger partial charge in [-0.15, -0.1) is 0 Å². The minimum absolute atomic E-state index is 0.0816. The fourth-order valence-corrected chi connectivity index (χ4v) is 3.54. The minimum atomic E-state index is -0.0816. The van der Waals surface area contributed by atoms with Crippen molar-refractivity contribution >= 4 is 11.8 Å². The molecule has 0 saturated carbocycles. The van der Waals surface area contributed by atoms with Crippen molar-refractivity contribution in [2.45, 2.75) is 26.7 Å². The number of piperazine rings is 1. The van der Waals surface area contributed by atoms with E-state index in [0.717, 1.165) is 24.2 Å². The number of methoxy groups -OCH3 is 1. The average molecular weight is 384 g/mol. The summed E-state index contributed by atoms with van der Waals surface area (Å²) in [5.41, 5.74) is 2.09. The van der Waals surface area contributed by atoms with Crippen molar-refractivity contribution in [1.29, 1.82) is 0 Å². The van der Waals surface area contributed by atoms with Crippen LogP contribution in [0.1, 0.15) is 37.2 Å². The Hall–Kier alpha value is -2.83. The maximum atomic E-state index is 12.8. The van der Waals surface area contributed by atoms with Crippen molar-refractivity contribution in [2.75, 3.05) is 33.3 Å². The van der Waals surface area contributed by atoms with Crippen molar-refractivity contribution in [1.82, 2.24) is 20.0 Å². The first-order valence-corrected chi connectivity index (χ1v) is 9.85. The van der Waals surface area contributed by atoms with Crippen molar-refractivity contribution < 1.29 is 14.3 Å². The Kier molecular flexibility index (Phi) is 6.34. The van der Waals surface area contributed by atoms with Gasteiger partial charge in [-0.25, -0.2) is 0 Å². The van der Waals surface area contributed by atoms with Gasteiger partial charge in [-0.3, -0.25) is 14.7 Å². The summed E-state index contributed by atoms with van der Waals surface area (Å²) >= 11 is 0. The highest BCUT2D eigenvalue weighted by Gasteiger charge is 2.28. The van der Waals surface area contributed by atoms with Gasteiger partial charge in [-0.2, -0.15) is 5.10 Å². The third-order valence-electron chi connectivity index (χ3n) is 5.41. The van der Waals surface area contributed by atoms with Gasteiger partial charge in [0.15, 0.2) is 0 Å². The van der Waals surface area contributed by atoms with Gasteiger partial charge in [0.05, 0.1) is 12.8 Å². The number of aromatic nitrogens is 2. The largest absolute Gasteiger partial charge is 0.497 e. The number of hydrogen-bond donors (Lipinski definition) is 1. The molecule has 0 atom stereocenters. The van der Waals surface area contributed by atoms with E-state index in [-0.39, 0.29) is 17.7 Å². The van der Waals surface area contributed by atoms with Crippen molar-refractivity contribution in [3.8, 4) is 17.0 Å². The molecule has 1 aromatic heterocycles. The molecular formula is C21H28N4O3. The Balaban J connectivity index is 1.61. The van der Waals surface area contributed by atoms with E-state index in [9.17, 15) is 9.59 Å². The quantitative estimate of drug-likeness (QED) is 0.831. The number of ether oxygens (including phenoxy) is 1. The highest BCUT2D eigenvalue weighted by atomic mass is 16.5. The Morgan fingerprint density at radius 3 is 2.25 bits per heavy atom. The Morgan fingerprint density at radius 2 is 1.68 bits per heavy atom. The lowest BCUT2D eigenvalue weighted by Gasteiger charge is -2.36. The summed E-state index contributed by atoms with van der Waals surface area (Å²) in [4.78, 5) is 29.0. The molecule has 28 heavy (non-hydrogen) atoms. The second-order valence-corrected chi connectivity index (χ2v) is 7.03. The van der Waals surface area contributed by atoms with Crippen LogP contribution < -0.4 is 4.74 Å². The molecule has 1 aliphatic heterocycles. The zero-order valence-electron chi connectivity index (χ0n) is 16.8. The Bertz CT molecular complexity index is 803. The number of nitrogens with one attached hydrogen (secondary N) is 1. The summed E-state index contributed by atoms with van der Waals surface area (Å²) in [5.74, 6) is 0.987. The van der Waals surface area contributed by atoms with E-state index in [4.69, 9.17) is 4.74 Å². The number of benzene rings is 1. The van der Waals surface area contributed by atoms with Gasteiger partial charge in [0, 0.05) is 37.7 Å². The van der Waals surface area contributed by atoms with Crippen LogP contribution >= 0.6 is 0 Å². The van der Waals surface area contributed by atoms with E-state index in [2.05, 4.69) is 10.2 Å². The number of nitrogens with zero attached hydrogens (tertiary/aromatic N) is 3. The van der Waals surface area contributed by atoms with Crippen LogP contribution in [0.4, 0.5) is 0 Å². The molecule has 0 spiro atoms. The number of hydrogen-bond acceptors (Lipinski definition) is 4. The first kappa shape index (κ1) is 19.9. The zero-order chi connectivity index (χ0) is 20.1. The Labute approximate surface area is 165 Å². The third kappa shape index (κ3) is 4.18. The molecule has 2 heterocycles. The van der Waals surface area contributed by atoms with Gasteiger partial charge in [0.25, 0.3) is 5.91 Å². The van der Waals surface area contributed by atoms with Gasteiger partial charge < -0.3 is 14.5 Å². The summed E-state index contributed by atoms with van der Waals surface area (Å²) < 4.78 is 5.17. The summed E-state index contributed by atoms with van der Waals surface area (Å²) in [6.45, 7) is 6.35. The van der Waals surface area contributed by atoms with Crippen LogP contribution in [0.25, 0.3) is 11.3 Å². The van der Waals surface area contributed by atoms with Crippen LogP contribution in [0.15, 0.2) is 30.3 Å². The smallest absolute Gasteiger partial charge is 0.272 e. The molecule has 7 nitrogen and oxygen atoms in total. The molecule has 1 fully saturated rings. The fraction of sp³-hybridized carbons (Fsp3) is 0.476. The van der Waals surface area contributed by atoms with Gasteiger partial charge >= 0.3 is 0 Å². The second kappa shape index (κ2) is 8.91. The van der Waals surface area contributed by atoms with Gasteiger partial charge in [0.2, 0.25) is 5.91 Å². The molecule has 1 aromatic carbocycles. The maximum absolute atomic E-state index is 12.8. The van der Waals surface area contributed by atoms with Crippen molar-refractivity contribution in [2.24, 2.45) is 5.92 Å². The fourth-order valence-electron chi connectivity index (χ4n) is 3.54. The summed E-state index contributed by atoms with van der Waals surface area (Å²) in [6, 6.07) is 9.31. The summed E-state index contributed by atoms with van der Waals surface area (Å²) in [6.07, 6.45) is 1.72. The molecule has 1 N–H and O–H groups in total. The van der Waals surface area contributed by atoms with E-state index in [1.807, 2.05) is 43.0 Å². The average Bonchev–Trinajstić information content (AvgIpc) is 3.24. The van der Waals surface area contributed by atoms with E-state index in [1.54, 1.807) is 18.1 Å². The molecule has 0 unspecified atom stereocenters. The summed E-state index contributed by atoms with van der Waals surface area (Å²) in [7, 11) is 1.62. The van der Waals surface area contributed by atoms with Crippen molar-refractivity contribution in [3.05, 3.63) is 36.0 Å². The SMILES string of the molecule is CCC(CC)C(=O)N1CCN(C(=O)c2cc(-c3ccc(OC)cc3)n[nH]2)CC1. The molecule has 150 valence electrons. The van der Waals surface area contributed by atoms with Crippen LogP contribution in [0, 0.1) is 5.92 Å². The molecule has 0 aliphatic carbocycles. The third-order valence-corrected chi connectivity index (χ3v) is 5.41. The van der Waals surface area contributed by atoms with Crippen LogP contribution in [0.2, 0.25) is 0 Å². The zero-order valence-corrected chi connectivity index (χ0v) is 16.8. The molecule has 3 rings (SSSR count). The normalized spacial score (nSPS) is 14.4. The highest BCUT2D eigenvalue weighted by molar-refractivity contribution is 5.93. The molecule has 7 heteroatoms. The first-order valence-electron chi connectivity index (χ1n) is 9.85. The molecule has 0 bridgehead atoms. The van der Waals surface area contributed by atoms with E-state index in [1.165, 1.54) is 0 Å². The second-order valence-electron chi connectivity index (χ2n) is 7.03. The predicted octanol–water partition coefficient (Wildman–Crippen LogP) is 2.81. The Morgan fingerprint density at radius 1 is 1.07 bits per heavy atom. The van der Waals surface area contributed by atoms with Crippen LogP contribution in [0.3, 0.4) is 0 Å². The van der Waals surface area contributed by atoms with Crippen molar-refractivity contribution in [3.63, 3.8) is 0 Å². The van der Waals surface area contributed by atoms with Crippen LogP contribution in [0.5, 0.6) is 5.75 Å². The number of H-pyrrole nitrogens is 1. The van der Waals surface area contributed by atoms with Gasteiger partial charge in [-0.1, -0.05) is 13.8 Å². The first-order chi connectivity index (χ1) is 13.6. The minimum Gasteiger partial charge on any atom is -0.497 e. The molecule has 2 aromatic rings. The predicted molar refractivity (Wildman–Crippen MR) is 107 cm³/mol. The molecule has 2 amide bonds. The standard InChI is InChI=1S/C21H28N4O3/c1-4-15(5-2)20(26)24-10-12-25(13-11-24)21(27)19-14-18(22-23-19)16-6-8-17(28-3)9-7-16/h6-9,14-15H,4-5,10-13H2,1-3H3,(H,22,23). The lowest BCUT2D eigenvalue weighted by molar-refractivity contribution is -0.137. The highest BCUT2D eigenvalue weighted by Crippen LogP contribution is 2.22. The maximum Gasteiger partial charge on any atom is 0.272 e. The number of aromatic amines is 1. The molecular weight excluding hydrogens is 356 g/mol. The van der Waals surface area contributed by atoms with Crippen LogP contribution in [-0.4, -0.2) is 65.1 Å². The van der Waals surface area contributed by atoms with E-state index in [0.29, 0.717) is 37.6 Å². The van der Waals surface area contributed by atoms with Crippen LogP contribution in [-0.2, 0) is 4.79 Å². The van der Waals surface area contributed by atoms with E-state index < -0.39 is 0 Å². The van der Waals surface area contributed by atoms with Gasteiger partial charge in [0.1, 0.15) is 11.4 Å². The number of carbonyl (C=O) groups is 2. The number of rotatable bonds is 6. The lowest BCUT2D eigenvalue weighted by atomic mass is 10.0. The summed E-state index contributed by atoms with van der Waals surface area (Å²) in [5, 5.41) is 7.12. The topological polar surface area (TPSA) is 78.5 Å². The number of amides is 2. The lowest BCUT2D eigenvalue weighted by Crippen LogP contribution is -2.52. The monoisotopic (exact) mass is 384 g/mol. The van der Waals surface area contributed by atoms with Gasteiger partial charge in [-0.05, 0) is 43.2 Å². The molecule has 1 aliphatic rings. The van der Waals surface area contributed by atoms with E-state index >= 15 is 0 Å².